The van der Waals surface area contributed by atoms with Gasteiger partial charge in [-0.15, -0.1) is 0 Å². The Morgan fingerprint density at radius 1 is 1.00 bits per heavy atom. The van der Waals surface area contributed by atoms with Crippen LogP contribution in [0.5, 0.6) is 0 Å². The van der Waals surface area contributed by atoms with E-state index < -0.39 is 5.72 Å². The van der Waals surface area contributed by atoms with Crippen LogP contribution in [0.1, 0.15) is 35.5 Å². The molecular weight excluding hydrogens is 300 g/mol. The Balaban J connectivity index is 1.99. The van der Waals surface area contributed by atoms with Gasteiger partial charge in [-0.3, -0.25) is 9.69 Å². The number of fused-ring (bicyclic) bond motifs is 2. The molecule has 120 valence electrons. The average molecular weight is 318 g/mol. The van der Waals surface area contributed by atoms with Crippen molar-refractivity contribution in [3.63, 3.8) is 0 Å². The molecule has 1 aliphatic heterocycles. The minimum Gasteiger partial charge on any atom is -0.362 e. The molecule has 0 bridgehead atoms. The molecule has 1 atom stereocenters. The maximum absolute atomic E-state index is 12.8. The van der Waals surface area contributed by atoms with E-state index in [1.807, 2.05) is 56.3 Å². The van der Waals surface area contributed by atoms with Crippen molar-refractivity contribution >= 4 is 16.8 Å². The molecule has 24 heavy (non-hydrogen) atoms. The quantitative estimate of drug-likeness (QED) is 0.789. The van der Waals surface area contributed by atoms with Crippen molar-refractivity contribution in [1.82, 2.24) is 9.88 Å². The Kier molecular flexibility index (Phi) is 3.18. The second-order valence-corrected chi connectivity index (χ2v) is 6.38. The number of rotatable bonds is 2. The highest BCUT2D eigenvalue weighted by Crippen LogP contribution is 2.42. The molecule has 0 fully saturated rings. The van der Waals surface area contributed by atoms with Crippen LogP contribution in [-0.2, 0) is 5.72 Å². The molecule has 4 heteroatoms. The molecule has 2 aromatic carbocycles. The van der Waals surface area contributed by atoms with Crippen LogP contribution in [-0.4, -0.2) is 26.9 Å². The smallest absolute Gasteiger partial charge is 0.257 e. The van der Waals surface area contributed by atoms with Crippen LogP contribution in [0.15, 0.2) is 60.7 Å². The molecule has 0 aliphatic carbocycles. The average Bonchev–Trinajstić information content (AvgIpc) is 2.83. The number of aliphatic hydroxyl groups is 1. The van der Waals surface area contributed by atoms with Crippen molar-refractivity contribution in [1.29, 1.82) is 0 Å². The molecule has 0 radical (unpaired) electrons. The Bertz CT molecular complexity index is 951. The molecule has 2 heterocycles. The molecule has 4 rings (SSSR count). The van der Waals surface area contributed by atoms with Gasteiger partial charge in [-0.25, -0.2) is 4.98 Å². The lowest BCUT2D eigenvalue weighted by Crippen LogP contribution is -2.49. The number of para-hydroxylation sites is 1. The van der Waals surface area contributed by atoms with Gasteiger partial charge < -0.3 is 5.11 Å². The standard InChI is InChI=1S/C20H18N2O2/c1-13(2)22-19(23)15-8-4-5-9-16(15)20(22,24)18-12-11-14-7-3-6-10-17(14)21-18/h3-13,24H,1-2H3/t20-/m0/s1. The monoisotopic (exact) mass is 318 g/mol. The van der Waals surface area contributed by atoms with Crippen molar-refractivity contribution < 1.29 is 9.90 Å². The molecule has 4 nitrogen and oxygen atoms in total. The highest BCUT2D eigenvalue weighted by molar-refractivity contribution is 6.00. The van der Waals surface area contributed by atoms with E-state index in [0.29, 0.717) is 16.8 Å². The second kappa shape index (κ2) is 5.14. The first-order valence-electron chi connectivity index (χ1n) is 8.05. The molecule has 1 aliphatic rings. The van der Waals surface area contributed by atoms with Gasteiger partial charge in [0.2, 0.25) is 5.72 Å². The van der Waals surface area contributed by atoms with Crippen LogP contribution >= 0.6 is 0 Å². The summed E-state index contributed by atoms with van der Waals surface area (Å²) in [4.78, 5) is 19.0. The summed E-state index contributed by atoms with van der Waals surface area (Å²) in [5.41, 5.74) is 0.832. The zero-order chi connectivity index (χ0) is 16.9. The zero-order valence-electron chi connectivity index (χ0n) is 13.6. The fourth-order valence-electron chi connectivity index (χ4n) is 3.51. The van der Waals surface area contributed by atoms with E-state index in [2.05, 4.69) is 4.98 Å². The van der Waals surface area contributed by atoms with E-state index in [0.717, 1.165) is 10.9 Å². The third kappa shape index (κ3) is 1.90. The lowest BCUT2D eigenvalue weighted by molar-refractivity contribution is -0.0665. The molecule has 0 saturated heterocycles. The molecule has 3 aromatic rings. The molecule has 0 saturated carbocycles. The van der Waals surface area contributed by atoms with Gasteiger partial charge in [-0.05, 0) is 32.0 Å². The summed E-state index contributed by atoms with van der Waals surface area (Å²) in [6, 6.07) is 18.5. The van der Waals surface area contributed by atoms with Gasteiger partial charge in [0.1, 0.15) is 0 Å². The molecule has 1 aromatic heterocycles. The van der Waals surface area contributed by atoms with Gasteiger partial charge in [0.05, 0.1) is 11.2 Å². The van der Waals surface area contributed by atoms with Gasteiger partial charge >= 0.3 is 0 Å². The maximum atomic E-state index is 12.8. The number of pyridine rings is 1. The van der Waals surface area contributed by atoms with E-state index in [4.69, 9.17) is 0 Å². The van der Waals surface area contributed by atoms with Gasteiger partial charge in [0.25, 0.3) is 5.91 Å². The Labute approximate surface area is 140 Å². The minimum atomic E-state index is -1.55. The van der Waals surface area contributed by atoms with Crippen molar-refractivity contribution in [2.45, 2.75) is 25.6 Å². The van der Waals surface area contributed by atoms with Crippen LogP contribution in [0.2, 0.25) is 0 Å². The lowest BCUT2D eigenvalue weighted by atomic mass is 9.96. The highest BCUT2D eigenvalue weighted by Gasteiger charge is 2.51. The van der Waals surface area contributed by atoms with Crippen LogP contribution in [0.3, 0.4) is 0 Å². The van der Waals surface area contributed by atoms with Crippen molar-refractivity contribution in [2.24, 2.45) is 0 Å². The van der Waals surface area contributed by atoms with Crippen molar-refractivity contribution in [3.05, 3.63) is 77.5 Å². The zero-order valence-corrected chi connectivity index (χ0v) is 13.6. The predicted octanol–water partition coefficient (Wildman–Crippen LogP) is 3.29. The number of hydrogen-bond donors (Lipinski definition) is 1. The number of hydrogen-bond acceptors (Lipinski definition) is 3. The largest absolute Gasteiger partial charge is 0.362 e. The minimum absolute atomic E-state index is 0.164. The highest BCUT2D eigenvalue weighted by atomic mass is 16.3. The number of carbonyl (C=O) groups excluding carboxylic acids is 1. The molecule has 1 N–H and O–H groups in total. The van der Waals surface area contributed by atoms with E-state index in [9.17, 15) is 9.90 Å². The summed E-state index contributed by atoms with van der Waals surface area (Å²) in [6.45, 7) is 3.80. The molecular formula is C20H18N2O2. The number of carbonyl (C=O) groups is 1. The molecule has 1 amide bonds. The third-order valence-electron chi connectivity index (χ3n) is 4.57. The van der Waals surface area contributed by atoms with Crippen LogP contribution in [0.4, 0.5) is 0 Å². The van der Waals surface area contributed by atoms with Crippen LogP contribution < -0.4 is 0 Å². The van der Waals surface area contributed by atoms with Gasteiger partial charge in [-0.2, -0.15) is 0 Å². The normalized spacial score (nSPS) is 20.0. The number of benzene rings is 2. The Morgan fingerprint density at radius 3 is 2.50 bits per heavy atom. The number of aromatic nitrogens is 1. The summed E-state index contributed by atoms with van der Waals surface area (Å²) in [5, 5.41) is 12.6. The fourth-order valence-corrected chi connectivity index (χ4v) is 3.51. The topological polar surface area (TPSA) is 53.4 Å². The fraction of sp³-hybridized carbons (Fsp3) is 0.200. The van der Waals surface area contributed by atoms with Crippen LogP contribution in [0, 0.1) is 0 Å². The van der Waals surface area contributed by atoms with Crippen molar-refractivity contribution in [3.8, 4) is 0 Å². The summed E-state index contributed by atoms with van der Waals surface area (Å²) in [6.07, 6.45) is 0. The second-order valence-electron chi connectivity index (χ2n) is 6.38. The van der Waals surface area contributed by atoms with Gasteiger partial charge in [-0.1, -0.05) is 42.5 Å². The summed E-state index contributed by atoms with van der Waals surface area (Å²) < 4.78 is 0. The SMILES string of the molecule is CC(C)N1C(=O)c2ccccc2[C@]1(O)c1ccc2ccccc2n1. The predicted molar refractivity (Wildman–Crippen MR) is 92.5 cm³/mol. The molecule has 0 spiro atoms. The van der Waals surface area contributed by atoms with Crippen molar-refractivity contribution in [2.75, 3.05) is 0 Å². The first-order chi connectivity index (χ1) is 11.5. The van der Waals surface area contributed by atoms with Gasteiger partial charge in [0, 0.05) is 22.6 Å². The number of nitrogens with zero attached hydrogens (tertiary/aromatic N) is 2. The Morgan fingerprint density at radius 2 is 1.71 bits per heavy atom. The van der Waals surface area contributed by atoms with E-state index in [1.165, 1.54) is 4.90 Å². The summed E-state index contributed by atoms with van der Waals surface area (Å²) >= 11 is 0. The first kappa shape index (κ1) is 14.8. The van der Waals surface area contributed by atoms with E-state index in [1.54, 1.807) is 18.2 Å². The first-order valence-corrected chi connectivity index (χ1v) is 8.05. The molecule has 0 unspecified atom stereocenters. The number of amides is 1. The summed E-state index contributed by atoms with van der Waals surface area (Å²) in [5.74, 6) is -0.168. The van der Waals surface area contributed by atoms with E-state index >= 15 is 0 Å². The maximum Gasteiger partial charge on any atom is 0.257 e. The lowest BCUT2D eigenvalue weighted by Gasteiger charge is -2.36. The van der Waals surface area contributed by atoms with Crippen LogP contribution in [0.25, 0.3) is 10.9 Å². The van der Waals surface area contributed by atoms with E-state index in [-0.39, 0.29) is 11.9 Å². The third-order valence-corrected chi connectivity index (χ3v) is 4.57. The summed E-state index contributed by atoms with van der Waals surface area (Å²) in [7, 11) is 0. The van der Waals surface area contributed by atoms with Gasteiger partial charge in [0.15, 0.2) is 0 Å². The Hall–Kier alpha value is -2.72.